The van der Waals surface area contributed by atoms with E-state index in [4.69, 9.17) is 14.7 Å². The van der Waals surface area contributed by atoms with Crippen molar-refractivity contribution in [1.29, 1.82) is 0 Å². The zero-order chi connectivity index (χ0) is 31.7. The predicted molar refractivity (Wildman–Crippen MR) is 190 cm³/mol. The first kappa shape index (κ1) is 28.2. The maximum atomic E-state index is 6.60. The number of aryl methyl sites for hydroxylation is 2. The molecule has 4 heterocycles. The van der Waals surface area contributed by atoms with Gasteiger partial charge in [0.05, 0.1) is 11.0 Å². The van der Waals surface area contributed by atoms with Crippen LogP contribution in [0.2, 0.25) is 0 Å². The van der Waals surface area contributed by atoms with Gasteiger partial charge in [0, 0.05) is 46.7 Å². The SMILES string of the molecule is Cc1cccc(C)c1B1N(C)c2ccc(Oc3ccc4c5ccccc5n(-c5cc(C(C)(C)C)ccn5)c4c3)cc2-c2nccn21. The van der Waals surface area contributed by atoms with Gasteiger partial charge in [-0.3, -0.25) is 4.57 Å². The molecule has 0 amide bonds. The molecule has 6 nitrogen and oxygen atoms in total. The van der Waals surface area contributed by atoms with E-state index in [1.165, 1.54) is 27.5 Å². The number of fused-ring (bicyclic) bond motifs is 6. The van der Waals surface area contributed by atoms with Crippen LogP contribution in [0.4, 0.5) is 5.69 Å². The molecule has 0 radical (unpaired) electrons. The van der Waals surface area contributed by atoms with Gasteiger partial charge in [0.15, 0.2) is 0 Å². The Hall–Kier alpha value is -5.30. The molecule has 3 aromatic heterocycles. The molecule has 0 N–H and O–H groups in total. The lowest BCUT2D eigenvalue weighted by Gasteiger charge is -2.36. The number of benzene rings is 4. The minimum atomic E-state index is 0.0126. The summed E-state index contributed by atoms with van der Waals surface area (Å²) < 4.78 is 11.1. The van der Waals surface area contributed by atoms with E-state index in [1.807, 2.05) is 12.4 Å². The standard InChI is InChI=1S/C39H36BN5O/c1-25-10-9-11-26(2)37(25)40-43(6)33-17-15-28(23-32(33)38-42-20-21-44(38)40)46-29-14-16-31-30-12-7-8-13-34(30)45(35(31)24-29)36-22-27(18-19-41-36)39(3,4)5/h7-24H,1-6H3. The molecule has 7 heteroatoms. The Balaban J connectivity index is 1.21. The highest BCUT2D eigenvalue weighted by Crippen LogP contribution is 2.40. The zero-order valence-corrected chi connectivity index (χ0v) is 27.1. The lowest BCUT2D eigenvalue weighted by molar-refractivity contribution is 0.483. The average Bonchev–Trinajstić information content (AvgIpc) is 3.65. The van der Waals surface area contributed by atoms with Crippen LogP contribution in [0, 0.1) is 13.8 Å². The van der Waals surface area contributed by atoms with Crippen LogP contribution >= 0.6 is 0 Å². The maximum absolute atomic E-state index is 6.60. The number of para-hydroxylation sites is 1. The summed E-state index contributed by atoms with van der Waals surface area (Å²) in [6.45, 7) is 11.1. The van der Waals surface area contributed by atoms with E-state index in [-0.39, 0.29) is 12.4 Å². The van der Waals surface area contributed by atoms with E-state index in [0.29, 0.717) is 0 Å². The number of imidazole rings is 1. The van der Waals surface area contributed by atoms with Crippen LogP contribution in [-0.4, -0.2) is 33.0 Å². The molecule has 0 bridgehead atoms. The number of nitrogens with zero attached hydrogens (tertiary/aromatic N) is 5. The Bertz CT molecular complexity index is 2270. The average molecular weight is 602 g/mol. The van der Waals surface area contributed by atoms with Crippen LogP contribution in [0.3, 0.4) is 0 Å². The third kappa shape index (κ3) is 4.41. The molecular formula is C39H36BN5O. The Morgan fingerprint density at radius 2 is 1.46 bits per heavy atom. The number of anilines is 1. The van der Waals surface area contributed by atoms with Crippen molar-refractivity contribution in [2.75, 3.05) is 11.9 Å². The van der Waals surface area contributed by atoms with Crippen molar-refractivity contribution in [2.45, 2.75) is 40.0 Å². The molecule has 8 rings (SSSR count). The maximum Gasteiger partial charge on any atom is 0.417 e. The smallest absolute Gasteiger partial charge is 0.417 e. The van der Waals surface area contributed by atoms with Gasteiger partial charge < -0.3 is 14.0 Å². The minimum absolute atomic E-state index is 0.0126. The number of pyridine rings is 1. The van der Waals surface area contributed by atoms with Gasteiger partial charge in [-0.1, -0.05) is 68.3 Å². The monoisotopic (exact) mass is 601 g/mol. The summed E-state index contributed by atoms with van der Waals surface area (Å²) in [6.07, 6.45) is 5.88. The Morgan fingerprint density at radius 3 is 2.26 bits per heavy atom. The van der Waals surface area contributed by atoms with E-state index in [2.05, 4.69) is 153 Å². The van der Waals surface area contributed by atoms with E-state index in [0.717, 1.165) is 50.8 Å². The third-order valence-corrected chi connectivity index (χ3v) is 9.41. The molecule has 7 aromatic rings. The van der Waals surface area contributed by atoms with E-state index in [9.17, 15) is 0 Å². The molecule has 46 heavy (non-hydrogen) atoms. The lowest BCUT2D eigenvalue weighted by atomic mass is 9.60. The van der Waals surface area contributed by atoms with Crippen LogP contribution in [0.1, 0.15) is 37.5 Å². The summed E-state index contributed by atoms with van der Waals surface area (Å²) in [5.74, 6) is 3.37. The first-order valence-corrected chi connectivity index (χ1v) is 15.8. The molecule has 0 saturated carbocycles. The van der Waals surface area contributed by atoms with Gasteiger partial charge in [0.2, 0.25) is 0 Å². The van der Waals surface area contributed by atoms with Crippen LogP contribution < -0.4 is 15.0 Å². The van der Waals surface area contributed by atoms with Crippen molar-refractivity contribution in [2.24, 2.45) is 0 Å². The van der Waals surface area contributed by atoms with E-state index >= 15 is 0 Å². The number of hydrogen-bond donors (Lipinski definition) is 0. The third-order valence-electron chi connectivity index (χ3n) is 9.41. The molecule has 0 unspecified atom stereocenters. The van der Waals surface area contributed by atoms with Crippen molar-refractivity contribution in [3.63, 3.8) is 0 Å². The summed E-state index contributed by atoms with van der Waals surface area (Å²) >= 11 is 0. The Morgan fingerprint density at radius 1 is 0.717 bits per heavy atom. The summed E-state index contributed by atoms with van der Waals surface area (Å²) in [6, 6.07) is 32.0. The first-order valence-electron chi connectivity index (χ1n) is 15.8. The first-order chi connectivity index (χ1) is 22.2. The second-order valence-electron chi connectivity index (χ2n) is 13.4. The topological polar surface area (TPSA) is 48.1 Å². The molecule has 0 fully saturated rings. The fourth-order valence-corrected chi connectivity index (χ4v) is 7.07. The van der Waals surface area contributed by atoms with Crippen LogP contribution in [0.25, 0.3) is 39.0 Å². The number of aromatic nitrogens is 4. The molecule has 1 aliphatic heterocycles. The van der Waals surface area contributed by atoms with Crippen molar-refractivity contribution in [1.82, 2.24) is 19.0 Å². The highest BCUT2D eigenvalue weighted by molar-refractivity contribution is 6.77. The van der Waals surface area contributed by atoms with Crippen molar-refractivity contribution in [3.8, 4) is 28.7 Å². The van der Waals surface area contributed by atoms with Gasteiger partial charge >= 0.3 is 6.98 Å². The molecule has 0 saturated heterocycles. The van der Waals surface area contributed by atoms with Crippen LogP contribution in [0.5, 0.6) is 11.5 Å². The summed E-state index contributed by atoms with van der Waals surface area (Å²) in [7, 11) is 2.16. The zero-order valence-electron chi connectivity index (χ0n) is 27.1. The summed E-state index contributed by atoms with van der Waals surface area (Å²) in [5.41, 5.74) is 9.46. The lowest BCUT2D eigenvalue weighted by Crippen LogP contribution is -2.56. The molecule has 4 aromatic carbocycles. The summed E-state index contributed by atoms with van der Waals surface area (Å²) in [5, 5.41) is 2.35. The van der Waals surface area contributed by atoms with Gasteiger partial charge in [0.25, 0.3) is 0 Å². The minimum Gasteiger partial charge on any atom is -0.457 e. The molecule has 226 valence electrons. The van der Waals surface area contributed by atoms with Crippen LogP contribution in [0.15, 0.2) is 110 Å². The Labute approximate surface area is 270 Å². The predicted octanol–water partition coefficient (Wildman–Crippen LogP) is 8.44. The Kier molecular flexibility index (Phi) is 6.36. The molecule has 0 spiro atoms. The van der Waals surface area contributed by atoms with E-state index in [1.54, 1.807) is 0 Å². The van der Waals surface area contributed by atoms with Gasteiger partial charge in [-0.25, -0.2) is 9.97 Å². The number of ether oxygens (including phenoxy) is 1. The quantitative estimate of drug-likeness (QED) is 0.190. The molecular weight excluding hydrogens is 565 g/mol. The van der Waals surface area contributed by atoms with Crippen LogP contribution in [-0.2, 0) is 5.41 Å². The van der Waals surface area contributed by atoms with Gasteiger partial charge in [-0.15, -0.1) is 0 Å². The largest absolute Gasteiger partial charge is 0.457 e. The summed E-state index contributed by atoms with van der Waals surface area (Å²) in [4.78, 5) is 12.0. The fraction of sp³-hybridized carbons (Fsp3) is 0.179. The highest BCUT2D eigenvalue weighted by Gasteiger charge is 2.37. The fourth-order valence-electron chi connectivity index (χ4n) is 7.07. The molecule has 1 aliphatic rings. The van der Waals surface area contributed by atoms with Crippen molar-refractivity contribution >= 4 is 39.9 Å². The normalized spacial score (nSPS) is 12.9. The highest BCUT2D eigenvalue weighted by atomic mass is 16.5. The van der Waals surface area contributed by atoms with Gasteiger partial charge in [0.1, 0.15) is 23.1 Å². The van der Waals surface area contributed by atoms with Gasteiger partial charge in [-0.2, -0.15) is 0 Å². The number of hydrogen-bond acceptors (Lipinski definition) is 4. The van der Waals surface area contributed by atoms with E-state index < -0.39 is 0 Å². The molecule has 0 aliphatic carbocycles. The number of rotatable bonds is 4. The van der Waals surface area contributed by atoms with Gasteiger partial charge in [-0.05, 0) is 85.9 Å². The van der Waals surface area contributed by atoms with Crippen molar-refractivity contribution in [3.05, 3.63) is 126 Å². The second-order valence-corrected chi connectivity index (χ2v) is 13.4. The second kappa shape index (κ2) is 10.4. The molecule has 0 atom stereocenters. The van der Waals surface area contributed by atoms with Crippen molar-refractivity contribution < 1.29 is 4.74 Å².